The third-order valence-electron chi connectivity index (χ3n) is 5.62. The first-order valence-electron chi connectivity index (χ1n) is 9.76. The smallest absolute Gasteiger partial charge is 0.237 e. The molecule has 5 heteroatoms. The van der Waals surface area contributed by atoms with Crippen LogP contribution in [0, 0.1) is 0 Å². The fraction of sp³-hybridized carbons (Fsp3) is 0.524. The standard InChI is InChI=1S/C21H27N3OS/c1-15(24-13-11-16-6-2-3-7-17(16)14-24)21(25)22-12-10-20-23-18-8-4-5-9-19(18)26-20/h2-3,6-7,15H,4-5,8-14H2,1H3,(H,22,25). The molecule has 138 valence electrons. The van der Waals surface area contributed by atoms with Gasteiger partial charge in [-0.05, 0) is 50.2 Å². The number of thiazole rings is 1. The quantitative estimate of drug-likeness (QED) is 0.881. The molecule has 4 nitrogen and oxygen atoms in total. The number of hydrogen-bond donors (Lipinski definition) is 1. The fourth-order valence-electron chi connectivity index (χ4n) is 3.97. The van der Waals surface area contributed by atoms with Crippen LogP contribution in [0.15, 0.2) is 24.3 Å². The van der Waals surface area contributed by atoms with E-state index in [9.17, 15) is 4.79 Å². The summed E-state index contributed by atoms with van der Waals surface area (Å²) in [7, 11) is 0. The van der Waals surface area contributed by atoms with Crippen LogP contribution in [0.2, 0.25) is 0 Å². The van der Waals surface area contributed by atoms with Crippen molar-refractivity contribution in [1.29, 1.82) is 0 Å². The van der Waals surface area contributed by atoms with Crippen LogP contribution in [0.1, 0.15) is 46.5 Å². The zero-order chi connectivity index (χ0) is 17.9. The maximum atomic E-state index is 12.6. The van der Waals surface area contributed by atoms with Gasteiger partial charge in [-0.25, -0.2) is 4.98 Å². The van der Waals surface area contributed by atoms with Crippen molar-refractivity contribution < 1.29 is 4.79 Å². The lowest BCUT2D eigenvalue weighted by Gasteiger charge is -2.32. The van der Waals surface area contributed by atoms with Gasteiger partial charge in [-0.1, -0.05) is 24.3 Å². The van der Waals surface area contributed by atoms with Crippen molar-refractivity contribution in [2.75, 3.05) is 13.1 Å². The van der Waals surface area contributed by atoms with E-state index in [2.05, 4.69) is 34.5 Å². The van der Waals surface area contributed by atoms with E-state index in [0.717, 1.165) is 32.4 Å². The van der Waals surface area contributed by atoms with Crippen molar-refractivity contribution in [3.63, 3.8) is 0 Å². The molecular formula is C21H27N3OS. The summed E-state index contributed by atoms with van der Waals surface area (Å²) in [4.78, 5) is 21.1. The first-order chi connectivity index (χ1) is 12.7. The predicted octanol–water partition coefficient (Wildman–Crippen LogP) is 3.13. The summed E-state index contributed by atoms with van der Waals surface area (Å²) in [5.41, 5.74) is 4.08. The Morgan fingerprint density at radius 1 is 1.23 bits per heavy atom. The third-order valence-corrected chi connectivity index (χ3v) is 6.83. The molecular weight excluding hydrogens is 342 g/mol. The van der Waals surface area contributed by atoms with Crippen LogP contribution in [0.25, 0.3) is 0 Å². The molecule has 2 aliphatic rings. The van der Waals surface area contributed by atoms with Gasteiger partial charge in [0.25, 0.3) is 0 Å². The van der Waals surface area contributed by atoms with Crippen LogP contribution in [0.5, 0.6) is 0 Å². The average Bonchev–Trinajstić information content (AvgIpc) is 3.09. The molecule has 1 unspecified atom stereocenters. The number of nitrogens with zero attached hydrogens (tertiary/aromatic N) is 2. The Labute approximate surface area is 159 Å². The van der Waals surface area contributed by atoms with Gasteiger partial charge < -0.3 is 5.32 Å². The Morgan fingerprint density at radius 3 is 2.88 bits per heavy atom. The topological polar surface area (TPSA) is 45.2 Å². The Kier molecular flexibility index (Phi) is 5.36. The second-order valence-electron chi connectivity index (χ2n) is 7.39. The van der Waals surface area contributed by atoms with Crippen LogP contribution in [0.4, 0.5) is 0 Å². The molecule has 1 atom stereocenters. The number of benzene rings is 1. The summed E-state index contributed by atoms with van der Waals surface area (Å²) < 4.78 is 0. The second kappa shape index (κ2) is 7.89. The maximum Gasteiger partial charge on any atom is 0.237 e. The number of aromatic nitrogens is 1. The van der Waals surface area contributed by atoms with E-state index in [4.69, 9.17) is 4.98 Å². The number of amides is 1. The van der Waals surface area contributed by atoms with Crippen LogP contribution in [-0.2, 0) is 37.0 Å². The van der Waals surface area contributed by atoms with Gasteiger partial charge in [0.15, 0.2) is 0 Å². The van der Waals surface area contributed by atoms with Gasteiger partial charge in [-0.15, -0.1) is 11.3 Å². The highest BCUT2D eigenvalue weighted by molar-refractivity contribution is 7.11. The van der Waals surface area contributed by atoms with Crippen molar-refractivity contribution >= 4 is 17.2 Å². The van der Waals surface area contributed by atoms with Gasteiger partial charge in [-0.3, -0.25) is 9.69 Å². The lowest BCUT2D eigenvalue weighted by Crippen LogP contribution is -2.47. The van der Waals surface area contributed by atoms with E-state index in [0.29, 0.717) is 6.54 Å². The number of rotatable bonds is 5. The number of aryl methyl sites for hydroxylation is 2. The van der Waals surface area contributed by atoms with Crippen LogP contribution >= 0.6 is 11.3 Å². The first kappa shape index (κ1) is 17.7. The van der Waals surface area contributed by atoms with Crippen molar-refractivity contribution in [2.24, 2.45) is 0 Å². The number of fused-ring (bicyclic) bond motifs is 2. The highest BCUT2D eigenvalue weighted by Crippen LogP contribution is 2.26. The molecule has 26 heavy (non-hydrogen) atoms. The number of carbonyl (C=O) groups excluding carboxylic acids is 1. The van der Waals surface area contributed by atoms with E-state index >= 15 is 0 Å². The van der Waals surface area contributed by atoms with E-state index < -0.39 is 0 Å². The summed E-state index contributed by atoms with van der Waals surface area (Å²) in [6.45, 7) is 4.51. The van der Waals surface area contributed by atoms with Gasteiger partial charge in [0.05, 0.1) is 16.7 Å². The molecule has 1 aromatic heterocycles. The van der Waals surface area contributed by atoms with E-state index in [1.54, 1.807) is 0 Å². The summed E-state index contributed by atoms with van der Waals surface area (Å²) in [6, 6.07) is 8.47. The maximum absolute atomic E-state index is 12.6. The van der Waals surface area contributed by atoms with Crippen LogP contribution in [0.3, 0.4) is 0 Å². The lowest BCUT2D eigenvalue weighted by molar-refractivity contribution is -0.126. The van der Waals surface area contributed by atoms with E-state index in [-0.39, 0.29) is 11.9 Å². The molecule has 1 aromatic carbocycles. The van der Waals surface area contributed by atoms with Crippen molar-refractivity contribution in [3.8, 4) is 0 Å². The SMILES string of the molecule is CC(C(=O)NCCc1nc2c(s1)CCCC2)N1CCc2ccccc2C1. The summed E-state index contributed by atoms with van der Waals surface area (Å²) >= 11 is 1.84. The molecule has 0 saturated carbocycles. The summed E-state index contributed by atoms with van der Waals surface area (Å²) in [5, 5.41) is 4.30. The van der Waals surface area contributed by atoms with Gasteiger partial charge in [0, 0.05) is 30.9 Å². The Morgan fingerprint density at radius 2 is 2.04 bits per heavy atom. The number of carbonyl (C=O) groups is 1. The minimum atomic E-state index is -0.0899. The molecule has 0 bridgehead atoms. The average molecular weight is 370 g/mol. The Bertz CT molecular complexity index is 762. The monoisotopic (exact) mass is 369 g/mol. The number of nitrogens with one attached hydrogen (secondary N) is 1. The summed E-state index contributed by atoms with van der Waals surface area (Å²) in [5.74, 6) is 0.130. The minimum Gasteiger partial charge on any atom is -0.354 e. The lowest BCUT2D eigenvalue weighted by atomic mass is 9.99. The Balaban J connectivity index is 1.27. The largest absolute Gasteiger partial charge is 0.354 e. The molecule has 1 aliphatic carbocycles. The Hall–Kier alpha value is -1.72. The highest BCUT2D eigenvalue weighted by Gasteiger charge is 2.25. The molecule has 4 rings (SSSR count). The zero-order valence-electron chi connectivity index (χ0n) is 15.5. The molecule has 1 N–H and O–H groups in total. The second-order valence-corrected chi connectivity index (χ2v) is 8.56. The third kappa shape index (κ3) is 3.84. The van der Waals surface area contributed by atoms with Crippen LogP contribution < -0.4 is 5.32 Å². The number of hydrogen-bond acceptors (Lipinski definition) is 4. The zero-order valence-corrected chi connectivity index (χ0v) is 16.3. The normalized spacial score (nSPS) is 18.0. The van der Waals surface area contributed by atoms with Crippen molar-refractivity contribution in [3.05, 3.63) is 51.0 Å². The van der Waals surface area contributed by atoms with Crippen molar-refractivity contribution in [2.45, 2.75) is 58.0 Å². The van der Waals surface area contributed by atoms with Crippen LogP contribution in [-0.4, -0.2) is 34.9 Å². The van der Waals surface area contributed by atoms with Gasteiger partial charge in [-0.2, -0.15) is 0 Å². The predicted molar refractivity (Wildman–Crippen MR) is 105 cm³/mol. The van der Waals surface area contributed by atoms with Gasteiger partial charge >= 0.3 is 0 Å². The molecule has 0 spiro atoms. The molecule has 2 aromatic rings. The molecule has 0 radical (unpaired) electrons. The van der Waals surface area contributed by atoms with E-state index in [1.807, 2.05) is 18.3 Å². The first-order valence-corrected chi connectivity index (χ1v) is 10.6. The molecule has 0 fully saturated rings. The van der Waals surface area contributed by atoms with E-state index in [1.165, 1.54) is 46.0 Å². The molecule has 1 amide bonds. The molecule has 2 heterocycles. The van der Waals surface area contributed by atoms with Gasteiger partial charge in [0.1, 0.15) is 0 Å². The molecule has 1 aliphatic heterocycles. The fourth-order valence-corrected chi connectivity index (χ4v) is 5.12. The summed E-state index contributed by atoms with van der Waals surface area (Å²) in [6.07, 6.45) is 6.75. The van der Waals surface area contributed by atoms with Crippen molar-refractivity contribution in [1.82, 2.24) is 15.2 Å². The van der Waals surface area contributed by atoms with Gasteiger partial charge in [0.2, 0.25) is 5.91 Å². The highest BCUT2D eigenvalue weighted by atomic mass is 32.1. The minimum absolute atomic E-state index is 0.0899. The molecule has 0 saturated heterocycles.